The van der Waals surface area contributed by atoms with Gasteiger partial charge in [0.2, 0.25) is 0 Å². The quantitative estimate of drug-likeness (QED) is 0.785. The zero-order chi connectivity index (χ0) is 9.97. The van der Waals surface area contributed by atoms with Crippen LogP contribution in [-0.2, 0) is 0 Å². The largest absolute Gasteiger partial charge is 0.478 e. The van der Waals surface area contributed by atoms with Gasteiger partial charge in [-0.05, 0) is 18.2 Å². The number of furan rings is 1. The second-order valence-corrected chi connectivity index (χ2v) is 2.70. The normalized spacial score (nSPS) is 10.0. The summed E-state index contributed by atoms with van der Waals surface area (Å²) in [5.41, 5.74) is 0.681. The average Bonchev–Trinajstić information content (AvgIpc) is 2.70. The molecule has 2 aromatic rings. The van der Waals surface area contributed by atoms with Crippen LogP contribution < -0.4 is 0 Å². The molecule has 0 fully saturated rings. The summed E-state index contributed by atoms with van der Waals surface area (Å²) in [6.45, 7) is 0. The van der Waals surface area contributed by atoms with Crippen LogP contribution in [-0.4, -0.2) is 16.1 Å². The van der Waals surface area contributed by atoms with Crippen molar-refractivity contribution in [1.29, 1.82) is 0 Å². The number of aromatic nitrogens is 1. The van der Waals surface area contributed by atoms with E-state index in [9.17, 15) is 4.79 Å². The first-order valence-corrected chi connectivity index (χ1v) is 4.00. The summed E-state index contributed by atoms with van der Waals surface area (Å²) >= 11 is 0. The van der Waals surface area contributed by atoms with E-state index < -0.39 is 5.97 Å². The number of nitrogens with zero attached hydrogens (tertiary/aromatic N) is 1. The monoisotopic (exact) mass is 189 g/mol. The molecule has 2 heterocycles. The molecule has 70 valence electrons. The fourth-order valence-corrected chi connectivity index (χ4v) is 1.21. The van der Waals surface area contributed by atoms with Crippen LogP contribution in [0, 0.1) is 0 Å². The van der Waals surface area contributed by atoms with Gasteiger partial charge in [-0.15, -0.1) is 0 Å². The topological polar surface area (TPSA) is 63.3 Å². The van der Waals surface area contributed by atoms with E-state index in [-0.39, 0.29) is 5.56 Å². The third-order valence-corrected chi connectivity index (χ3v) is 1.84. The Hall–Kier alpha value is -2.10. The molecule has 0 unspecified atom stereocenters. The van der Waals surface area contributed by atoms with Gasteiger partial charge in [-0.2, -0.15) is 0 Å². The lowest BCUT2D eigenvalue weighted by molar-refractivity contribution is 0.0697. The van der Waals surface area contributed by atoms with E-state index >= 15 is 0 Å². The van der Waals surface area contributed by atoms with E-state index in [0.717, 1.165) is 0 Å². The second-order valence-electron chi connectivity index (χ2n) is 2.70. The van der Waals surface area contributed by atoms with Crippen molar-refractivity contribution >= 4 is 5.97 Å². The van der Waals surface area contributed by atoms with Gasteiger partial charge in [-0.1, -0.05) is 0 Å². The molecule has 0 amide bonds. The van der Waals surface area contributed by atoms with Crippen LogP contribution in [0.4, 0.5) is 0 Å². The Bertz CT molecular complexity index is 448. The van der Waals surface area contributed by atoms with Crippen molar-refractivity contribution in [3.63, 3.8) is 0 Å². The smallest absolute Gasteiger partial charge is 0.338 e. The third kappa shape index (κ3) is 1.37. The number of pyridine rings is 1. The standard InChI is InChI=1S/C10H7NO3/c12-10(13)8-6-11-4-3-7(8)9-2-1-5-14-9/h1-6H,(H,12,13). The highest BCUT2D eigenvalue weighted by molar-refractivity contribution is 5.94. The minimum absolute atomic E-state index is 0.141. The Balaban J connectivity index is 2.58. The first-order chi connectivity index (χ1) is 6.79. The van der Waals surface area contributed by atoms with Crippen LogP contribution in [0.1, 0.15) is 10.4 Å². The molecular weight excluding hydrogens is 182 g/mol. The fraction of sp³-hybridized carbons (Fsp3) is 0. The molecule has 1 N–H and O–H groups in total. The molecule has 4 heteroatoms. The number of rotatable bonds is 2. The Labute approximate surface area is 79.8 Å². The lowest BCUT2D eigenvalue weighted by atomic mass is 10.1. The predicted octanol–water partition coefficient (Wildman–Crippen LogP) is 2.04. The van der Waals surface area contributed by atoms with Gasteiger partial charge in [0, 0.05) is 18.0 Å². The van der Waals surface area contributed by atoms with Crippen molar-refractivity contribution in [2.75, 3.05) is 0 Å². The number of hydrogen-bond acceptors (Lipinski definition) is 3. The first-order valence-electron chi connectivity index (χ1n) is 4.00. The van der Waals surface area contributed by atoms with Gasteiger partial charge in [-0.3, -0.25) is 4.98 Å². The fourth-order valence-electron chi connectivity index (χ4n) is 1.21. The van der Waals surface area contributed by atoms with E-state index in [2.05, 4.69) is 4.98 Å². The molecule has 0 saturated heterocycles. The summed E-state index contributed by atoms with van der Waals surface area (Å²) in [5.74, 6) is -0.477. The maximum Gasteiger partial charge on any atom is 0.338 e. The van der Waals surface area contributed by atoms with Crippen LogP contribution in [0.2, 0.25) is 0 Å². The highest BCUT2D eigenvalue weighted by atomic mass is 16.4. The number of carboxylic acid groups (broad SMARTS) is 1. The second kappa shape index (κ2) is 3.33. The van der Waals surface area contributed by atoms with E-state index in [1.165, 1.54) is 18.7 Å². The van der Waals surface area contributed by atoms with Crippen LogP contribution in [0.25, 0.3) is 11.3 Å². The molecule has 4 nitrogen and oxygen atoms in total. The molecule has 0 spiro atoms. The minimum Gasteiger partial charge on any atom is -0.478 e. The lowest BCUT2D eigenvalue weighted by Crippen LogP contribution is -1.99. The number of carboxylic acids is 1. The summed E-state index contributed by atoms with van der Waals surface area (Å²) in [4.78, 5) is 14.6. The van der Waals surface area contributed by atoms with Gasteiger partial charge in [-0.25, -0.2) is 4.79 Å². The Morgan fingerprint density at radius 1 is 1.43 bits per heavy atom. The van der Waals surface area contributed by atoms with Crippen molar-refractivity contribution in [2.45, 2.75) is 0 Å². The van der Waals surface area contributed by atoms with Crippen molar-refractivity contribution in [2.24, 2.45) is 0 Å². The zero-order valence-electron chi connectivity index (χ0n) is 7.18. The number of aromatic carboxylic acids is 1. The Kier molecular flexibility index (Phi) is 2.02. The molecule has 0 saturated carbocycles. The highest BCUT2D eigenvalue weighted by Gasteiger charge is 2.12. The van der Waals surface area contributed by atoms with Crippen molar-refractivity contribution in [3.05, 3.63) is 42.4 Å². The van der Waals surface area contributed by atoms with E-state index in [1.807, 2.05) is 0 Å². The molecule has 0 aliphatic rings. The molecule has 0 aromatic carbocycles. The molecule has 14 heavy (non-hydrogen) atoms. The van der Waals surface area contributed by atoms with Gasteiger partial charge in [0.1, 0.15) is 5.76 Å². The zero-order valence-corrected chi connectivity index (χ0v) is 7.18. The lowest BCUT2D eigenvalue weighted by Gasteiger charge is -2.00. The summed E-state index contributed by atoms with van der Waals surface area (Å²) in [6, 6.07) is 5.03. The SMILES string of the molecule is O=C(O)c1cnccc1-c1ccco1. The van der Waals surface area contributed by atoms with Crippen molar-refractivity contribution < 1.29 is 14.3 Å². The van der Waals surface area contributed by atoms with Crippen LogP contribution in [0.3, 0.4) is 0 Å². The molecule has 2 aromatic heterocycles. The van der Waals surface area contributed by atoms with Crippen LogP contribution in [0.5, 0.6) is 0 Å². The summed E-state index contributed by atoms with van der Waals surface area (Å²) in [7, 11) is 0. The van der Waals surface area contributed by atoms with Crippen molar-refractivity contribution in [3.8, 4) is 11.3 Å². The molecule has 0 bridgehead atoms. The van der Waals surface area contributed by atoms with Gasteiger partial charge in [0.15, 0.2) is 0 Å². The number of carbonyl (C=O) groups is 1. The van der Waals surface area contributed by atoms with E-state index in [0.29, 0.717) is 11.3 Å². The molecule has 0 aliphatic carbocycles. The van der Waals surface area contributed by atoms with Gasteiger partial charge in [0.25, 0.3) is 0 Å². The molecule has 0 atom stereocenters. The van der Waals surface area contributed by atoms with Crippen LogP contribution >= 0.6 is 0 Å². The first kappa shape index (κ1) is 8.50. The molecule has 0 aliphatic heterocycles. The van der Waals surface area contributed by atoms with E-state index in [4.69, 9.17) is 9.52 Å². The molecule has 2 rings (SSSR count). The maximum absolute atomic E-state index is 10.8. The Morgan fingerprint density at radius 2 is 2.29 bits per heavy atom. The minimum atomic E-state index is -1.01. The Morgan fingerprint density at radius 3 is 2.93 bits per heavy atom. The van der Waals surface area contributed by atoms with E-state index in [1.54, 1.807) is 18.2 Å². The van der Waals surface area contributed by atoms with Gasteiger partial charge in [0.05, 0.1) is 11.8 Å². The summed E-state index contributed by atoms with van der Waals surface area (Å²) < 4.78 is 5.12. The summed E-state index contributed by atoms with van der Waals surface area (Å²) in [5, 5.41) is 8.88. The van der Waals surface area contributed by atoms with Crippen LogP contribution in [0.15, 0.2) is 41.3 Å². The maximum atomic E-state index is 10.8. The van der Waals surface area contributed by atoms with Crippen molar-refractivity contribution in [1.82, 2.24) is 4.98 Å². The summed E-state index contributed by atoms with van der Waals surface area (Å²) in [6.07, 6.45) is 4.34. The molecule has 0 radical (unpaired) electrons. The number of hydrogen-bond donors (Lipinski definition) is 1. The van der Waals surface area contributed by atoms with Gasteiger partial charge >= 0.3 is 5.97 Å². The van der Waals surface area contributed by atoms with Gasteiger partial charge < -0.3 is 9.52 Å². The average molecular weight is 189 g/mol. The highest BCUT2D eigenvalue weighted by Crippen LogP contribution is 2.22. The predicted molar refractivity (Wildman–Crippen MR) is 48.9 cm³/mol. The molecular formula is C10H7NO3. The third-order valence-electron chi connectivity index (χ3n) is 1.84.